The summed E-state index contributed by atoms with van der Waals surface area (Å²) in [5, 5.41) is 3.44. The summed E-state index contributed by atoms with van der Waals surface area (Å²) in [5.41, 5.74) is 1.37. The Morgan fingerprint density at radius 3 is 3.00 bits per heavy atom. The lowest BCUT2D eigenvalue weighted by atomic mass is 10.1. The van der Waals surface area contributed by atoms with Crippen LogP contribution in [0.4, 0.5) is 0 Å². The number of furan rings is 1. The van der Waals surface area contributed by atoms with Crippen LogP contribution in [0.15, 0.2) is 16.7 Å². The number of hydrogen-bond donors (Lipinski definition) is 1. The van der Waals surface area contributed by atoms with Gasteiger partial charge >= 0.3 is 0 Å². The number of likely N-dealkylation sites (tertiary alicyclic amines) is 1. The van der Waals surface area contributed by atoms with Crippen LogP contribution in [0.25, 0.3) is 0 Å². The predicted octanol–water partition coefficient (Wildman–Crippen LogP) is 3.93. The zero-order valence-corrected chi connectivity index (χ0v) is 13.2. The van der Waals surface area contributed by atoms with Crippen LogP contribution in [0.3, 0.4) is 0 Å². The molecule has 1 saturated heterocycles. The lowest BCUT2D eigenvalue weighted by molar-refractivity contribution is 0.184. The Bertz CT molecular complexity index is 375. The Labute approximate surface area is 123 Å². The molecule has 1 aliphatic heterocycles. The van der Waals surface area contributed by atoms with Crippen molar-refractivity contribution in [1.82, 2.24) is 10.2 Å². The highest BCUT2D eigenvalue weighted by atomic mass is 16.3. The molecule has 0 saturated carbocycles. The molecule has 114 valence electrons. The van der Waals surface area contributed by atoms with E-state index in [9.17, 15) is 0 Å². The molecule has 1 aromatic heterocycles. The largest absolute Gasteiger partial charge is 0.468 e. The van der Waals surface area contributed by atoms with Crippen LogP contribution >= 0.6 is 0 Å². The fourth-order valence-electron chi connectivity index (χ4n) is 3.17. The normalized spacial score (nSPS) is 21.0. The zero-order valence-electron chi connectivity index (χ0n) is 13.2. The van der Waals surface area contributed by atoms with E-state index in [0.717, 1.165) is 31.4 Å². The molecule has 1 unspecified atom stereocenters. The molecule has 1 aromatic rings. The first kappa shape index (κ1) is 15.6. The summed E-state index contributed by atoms with van der Waals surface area (Å²) in [6.07, 6.45) is 9.77. The van der Waals surface area contributed by atoms with E-state index >= 15 is 0 Å². The van der Waals surface area contributed by atoms with Gasteiger partial charge in [0.05, 0.1) is 12.8 Å². The molecule has 0 spiro atoms. The quantitative estimate of drug-likeness (QED) is 0.766. The van der Waals surface area contributed by atoms with Crippen LogP contribution < -0.4 is 5.32 Å². The minimum Gasteiger partial charge on any atom is -0.468 e. The maximum absolute atomic E-state index is 5.66. The van der Waals surface area contributed by atoms with Gasteiger partial charge < -0.3 is 9.73 Å². The lowest BCUT2D eigenvalue weighted by Crippen LogP contribution is -2.34. The summed E-state index contributed by atoms with van der Waals surface area (Å²) < 4.78 is 5.66. The second kappa shape index (κ2) is 8.48. The van der Waals surface area contributed by atoms with E-state index in [1.165, 1.54) is 50.6 Å². The van der Waals surface area contributed by atoms with Gasteiger partial charge in [-0.3, -0.25) is 4.90 Å². The maximum Gasteiger partial charge on any atom is 0.122 e. The van der Waals surface area contributed by atoms with Crippen molar-refractivity contribution in [2.24, 2.45) is 0 Å². The molecule has 3 nitrogen and oxygen atoms in total. The monoisotopic (exact) mass is 278 g/mol. The van der Waals surface area contributed by atoms with Crippen LogP contribution in [-0.2, 0) is 13.1 Å². The number of rotatable bonds is 7. The van der Waals surface area contributed by atoms with Crippen molar-refractivity contribution in [1.29, 1.82) is 0 Å². The Balaban J connectivity index is 1.95. The van der Waals surface area contributed by atoms with Gasteiger partial charge in [0.1, 0.15) is 5.76 Å². The van der Waals surface area contributed by atoms with Crippen molar-refractivity contribution < 1.29 is 4.42 Å². The molecule has 20 heavy (non-hydrogen) atoms. The minimum absolute atomic E-state index is 0.754. The Morgan fingerprint density at radius 2 is 2.20 bits per heavy atom. The molecule has 0 bridgehead atoms. The van der Waals surface area contributed by atoms with Crippen molar-refractivity contribution in [2.45, 2.75) is 71.5 Å². The van der Waals surface area contributed by atoms with Gasteiger partial charge in [0.25, 0.3) is 0 Å². The van der Waals surface area contributed by atoms with Crippen molar-refractivity contribution in [3.05, 3.63) is 23.7 Å². The van der Waals surface area contributed by atoms with Crippen molar-refractivity contribution in [3.63, 3.8) is 0 Å². The van der Waals surface area contributed by atoms with Crippen molar-refractivity contribution in [3.8, 4) is 0 Å². The van der Waals surface area contributed by atoms with Gasteiger partial charge in [-0.1, -0.05) is 26.7 Å². The average Bonchev–Trinajstić information content (AvgIpc) is 2.77. The molecule has 0 aliphatic carbocycles. The first-order valence-electron chi connectivity index (χ1n) is 8.35. The molecular formula is C17H30N2O. The van der Waals surface area contributed by atoms with Crippen LogP contribution in [0.5, 0.6) is 0 Å². The third-order valence-electron chi connectivity index (χ3n) is 4.39. The molecule has 2 heterocycles. The lowest BCUT2D eigenvalue weighted by Gasteiger charge is -2.29. The summed E-state index contributed by atoms with van der Waals surface area (Å²) >= 11 is 0. The topological polar surface area (TPSA) is 28.4 Å². The van der Waals surface area contributed by atoms with Crippen LogP contribution in [0, 0.1) is 0 Å². The van der Waals surface area contributed by atoms with E-state index < -0.39 is 0 Å². The summed E-state index contributed by atoms with van der Waals surface area (Å²) in [6.45, 7) is 8.73. The fourth-order valence-corrected chi connectivity index (χ4v) is 3.17. The second-order valence-corrected chi connectivity index (χ2v) is 5.93. The average molecular weight is 278 g/mol. The number of nitrogens with one attached hydrogen (secondary N) is 1. The molecule has 1 N–H and O–H groups in total. The van der Waals surface area contributed by atoms with Gasteiger partial charge in [-0.05, 0) is 44.8 Å². The highest BCUT2D eigenvalue weighted by Crippen LogP contribution is 2.23. The zero-order chi connectivity index (χ0) is 14.2. The Hall–Kier alpha value is -0.800. The van der Waals surface area contributed by atoms with Gasteiger partial charge in [0, 0.05) is 18.2 Å². The highest BCUT2D eigenvalue weighted by Gasteiger charge is 2.21. The summed E-state index contributed by atoms with van der Waals surface area (Å²) in [6, 6.07) is 2.91. The third kappa shape index (κ3) is 4.35. The molecule has 1 fully saturated rings. The molecule has 3 heteroatoms. The third-order valence-corrected chi connectivity index (χ3v) is 4.39. The number of hydrogen-bond acceptors (Lipinski definition) is 3. The van der Waals surface area contributed by atoms with Gasteiger partial charge in [-0.15, -0.1) is 0 Å². The fraction of sp³-hybridized carbons (Fsp3) is 0.765. The second-order valence-electron chi connectivity index (χ2n) is 5.93. The first-order chi connectivity index (χ1) is 9.85. The molecule has 2 rings (SSSR count). The Morgan fingerprint density at radius 1 is 1.30 bits per heavy atom. The van der Waals surface area contributed by atoms with E-state index in [1.54, 1.807) is 0 Å². The van der Waals surface area contributed by atoms with Gasteiger partial charge in [0.2, 0.25) is 0 Å². The van der Waals surface area contributed by atoms with Gasteiger partial charge in [-0.25, -0.2) is 0 Å². The number of nitrogens with zero attached hydrogens (tertiary/aromatic N) is 1. The van der Waals surface area contributed by atoms with Crippen molar-refractivity contribution in [2.75, 3.05) is 13.1 Å². The van der Waals surface area contributed by atoms with E-state index in [0.29, 0.717) is 0 Å². The van der Waals surface area contributed by atoms with E-state index in [4.69, 9.17) is 4.42 Å². The minimum atomic E-state index is 0.754. The molecule has 1 aliphatic rings. The first-order valence-corrected chi connectivity index (χ1v) is 8.35. The predicted molar refractivity (Wildman–Crippen MR) is 83.7 cm³/mol. The summed E-state index contributed by atoms with van der Waals surface area (Å²) in [5.74, 6) is 1.12. The molecule has 0 aromatic carbocycles. The van der Waals surface area contributed by atoms with E-state index in [1.807, 2.05) is 6.26 Å². The van der Waals surface area contributed by atoms with Crippen LogP contribution in [-0.4, -0.2) is 24.0 Å². The molecule has 0 amide bonds. The van der Waals surface area contributed by atoms with E-state index in [-0.39, 0.29) is 0 Å². The SMILES string of the molecule is CCCNCc1occc1CN1CCCCCC1CC. The summed E-state index contributed by atoms with van der Waals surface area (Å²) in [7, 11) is 0. The molecule has 0 radical (unpaired) electrons. The van der Waals surface area contributed by atoms with Crippen LogP contribution in [0.2, 0.25) is 0 Å². The smallest absolute Gasteiger partial charge is 0.122 e. The van der Waals surface area contributed by atoms with Gasteiger partial charge in [-0.2, -0.15) is 0 Å². The molecular weight excluding hydrogens is 248 g/mol. The standard InChI is InChI=1S/C17H30N2O/c1-3-10-18-13-17-15(9-12-20-17)14-19-11-7-5-6-8-16(19)4-2/h9,12,16,18H,3-8,10-11,13-14H2,1-2H3. The van der Waals surface area contributed by atoms with Crippen molar-refractivity contribution >= 4 is 0 Å². The van der Waals surface area contributed by atoms with Crippen LogP contribution in [0.1, 0.15) is 63.7 Å². The Kier molecular flexibility index (Phi) is 6.61. The molecule has 1 atom stereocenters. The maximum atomic E-state index is 5.66. The van der Waals surface area contributed by atoms with E-state index in [2.05, 4.69) is 30.1 Å². The van der Waals surface area contributed by atoms with Gasteiger partial charge in [0.15, 0.2) is 0 Å². The summed E-state index contributed by atoms with van der Waals surface area (Å²) in [4.78, 5) is 2.67. The highest BCUT2D eigenvalue weighted by molar-refractivity contribution is 5.17.